The summed E-state index contributed by atoms with van der Waals surface area (Å²) < 4.78 is 44.1. The van der Waals surface area contributed by atoms with Gasteiger partial charge in [-0.3, -0.25) is 0 Å². The van der Waals surface area contributed by atoms with Gasteiger partial charge in [0.1, 0.15) is 10.7 Å². The minimum atomic E-state index is -3.80. The lowest BCUT2D eigenvalue weighted by molar-refractivity contribution is -0.0304. The number of anilines is 1. The fourth-order valence-corrected chi connectivity index (χ4v) is 3.47. The third-order valence-electron chi connectivity index (χ3n) is 2.89. The van der Waals surface area contributed by atoms with E-state index in [1.165, 1.54) is 4.31 Å². The van der Waals surface area contributed by atoms with Crippen LogP contribution >= 0.6 is 0 Å². The van der Waals surface area contributed by atoms with E-state index in [0.717, 1.165) is 18.2 Å². The average Bonchev–Trinajstić information content (AvgIpc) is 2.38. The Hall–Kier alpha value is -1.22. The van der Waals surface area contributed by atoms with Crippen LogP contribution in [-0.2, 0) is 14.8 Å². The van der Waals surface area contributed by atoms with Crippen molar-refractivity contribution < 1.29 is 22.7 Å². The molecule has 0 spiro atoms. The minimum Gasteiger partial charge on any atom is -0.398 e. The van der Waals surface area contributed by atoms with Crippen molar-refractivity contribution in [1.82, 2.24) is 4.31 Å². The van der Waals surface area contributed by atoms with Crippen LogP contribution < -0.4 is 5.73 Å². The fourth-order valence-electron chi connectivity index (χ4n) is 1.91. The van der Waals surface area contributed by atoms with Gasteiger partial charge < -0.3 is 15.6 Å². The van der Waals surface area contributed by atoms with Gasteiger partial charge in [0.15, 0.2) is 0 Å². The van der Waals surface area contributed by atoms with Gasteiger partial charge in [0.05, 0.1) is 25.0 Å². The lowest BCUT2D eigenvalue weighted by atomic mass is 10.3. The Kier molecular flexibility index (Phi) is 4.04. The highest BCUT2D eigenvalue weighted by molar-refractivity contribution is 7.89. The van der Waals surface area contributed by atoms with Crippen molar-refractivity contribution in [2.45, 2.75) is 11.0 Å². The summed E-state index contributed by atoms with van der Waals surface area (Å²) in [6.07, 6.45) is -0.551. The van der Waals surface area contributed by atoms with Crippen molar-refractivity contribution in [3.05, 3.63) is 24.0 Å². The molecule has 0 radical (unpaired) electrons. The lowest BCUT2D eigenvalue weighted by Gasteiger charge is -2.31. The first-order valence-electron chi connectivity index (χ1n) is 5.73. The number of aliphatic hydroxyl groups is 1. The third kappa shape index (κ3) is 2.86. The van der Waals surface area contributed by atoms with Gasteiger partial charge >= 0.3 is 0 Å². The number of rotatable bonds is 3. The van der Waals surface area contributed by atoms with E-state index in [2.05, 4.69) is 0 Å². The molecule has 19 heavy (non-hydrogen) atoms. The Morgan fingerprint density at radius 1 is 1.53 bits per heavy atom. The number of benzene rings is 1. The monoisotopic (exact) mass is 290 g/mol. The number of nitrogens with two attached hydrogens (primary N) is 1. The summed E-state index contributed by atoms with van der Waals surface area (Å²) in [6.45, 7) is 0.168. The van der Waals surface area contributed by atoms with E-state index in [1.54, 1.807) is 0 Å². The van der Waals surface area contributed by atoms with Crippen LogP contribution in [0.15, 0.2) is 23.1 Å². The molecule has 1 heterocycles. The molecule has 1 atom stereocenters. The van der Waals surface area contributed by atoms with Gasteiger partial charge in [0.25, 0.3) is 0 Å². The van der Waals surface area contributed by atoms with E-state index in [1.807, 2.05) is 0 Å². The second kappa shape index (κ2) is 5.41. The first-order chi connectivity index (χ1) is 8.95. The van der Waals surface area contributed by atoms with Crippen LogP contribution in [0.2, 0.25) is 0 Å². The van der Waals surface area contributed by atoms with Crippen LogP contribution in [0.25, 0.3) is 0 Å². The maximum atomic E-state index is 13.0. The Labute approximate surface area is 110 Å². The van der Waals surface area contributed by atoms with Crippen molar-refractivity contribution in [3.63, 3.8) is 0 Å². The molecule has 1 aliphatic rings. The highest BCUT2D eigenvalue weighted by atomic mass is 32.2. The van der Waals surface area contributed by atoms with Crippen LogP contribution in [-0.4, -0.2) is 50.2 Å². The number of hydrogen-bond acceptors (Lipinski definition) is 5. The molecule has 8 heteroatoms. The quantitative estimate of drug-likeness (QED) is 0.751. The molecule has 106 valence electrons. The Balaban J connectivity index is 2.31. The van der Waals surface area contributed by atoms with Crippen molar-refractivity contribution in [3.8, 4) is 0 Å². The van der Waals surface area contributed by atoms with E-state index >= 15 is 0 Å². The lowest BCUT2D eigenvalue weighted by Crippen LogP contribution is -2.46. The number of sulfonamides is 1. The summed E-state index contributed by atoms with van der Waals surface area (Å²) in [5.74, 6) is -0.591. The Bertz CT molecular complexity index is 564. The van der Waals surface area contributed by atoms with Crippen molar-refractivity contribution in [2.75, 3.05) is 32.0 Å². The van der Waals surface area contributed by atoms with E-state index in [0.29, 0.717) is 0 Å². The highest BCUT2D eigenvalue weighted by Crippen LogP contribution is 2.24. The van der Waals surface area contributed by atoms with Crippen LogP contribution in [0, 0.1) is 5.82 Å². The number of aliphatic hydroxyl groups excluding tert-OH is 1. The standard InChI is InChI=1S/C11H15FN2O4S/c12-8-1-2-11(10(13)5-8)19(16,17)14-3-4-18-9(6-14)7-15/h1-2,5,9,15H,3-4,6-7,13H2. The molecule has 0 aromatic heterocycles. The van der Waals surface area contributed by atoms with E-state index in [-0.39, 0.29) is 36.9 Å². The minimum absolute atomic E-state index is 0.0512. The molecule has 0 bridgehead atoms. The van der Waals surface area contributed by atoms with Crippen molar-refractivity contribution >= 4 is 15.7 Å². The number of nitrogen functional groups attached to an aromatic ring is 1. The van der Waals surface area contributed by atoms with Crippen LogP contribution in [0.3, 0.4) is 0 Å². The summed E-state index contributed by atoms with van der Waals surface area (Å²) in [5, 5.41) is 9.02. The van der Waals surface area contributed by atoms with Crippen LogP contribution in [0.1, 0.15) is 0 Å². The van der Waals surface area contributed by atoms with Crippen LogP contribution in [0.5, 0.6) is 0 Å². The molecule has 0 aliphatic carbocycles. The molecule has 1 aromatic rings. The van der Waals surface area contributed by atoms with E-state index < -0.39 is 21.9 Å². The van der Waals surface area contributed by atoms with Gasteiger partial charge in [-0.05, 0) is 18.2 Å². The number of morpholine rings is 1. The summed E-state index contributed by atoms with van der Waals surface area (Å²) in [7, 11) is -3.80. The number of nitrogens with zero attached hydrogens (tertiary/aromatic N) is 1. The average molecular weight is 290 g/mol. The zero-order valence-corrected chi connectivity index (χ0v) is 10.9. The van der Waals surface area contributed by atoms with Gasteiger partial charge in [-0.2, -0.15) is 4.31 Å². The molecule has 0 saturated carbocycles. The van der Waals surface area contributed by atoms with E-state index in [4.69, 9.17) is 15.6 Å². The molecule has 1 unspecified atom stereocenters. The number of hydrogen-bond donors (Lipinski definition) is 2. The summed E-state index contributed by atoms with van der Waals surface area (Å²) in [6, 6.07) is 3.16. The molecule has 1 saturated heterocycles. The first-order valence-corrected chi connectivity index (χ1v) is 7.17. The molecule has 1 aromatic carbocycles. The molecule has 1 aliphatic heterocycles. The zero-order valence-electron chi connectivity index (χ0n) is 10.1. The van der Waals surface area contributed by atoms with Gasteiger partial charge in [0.2, 0.25) is 10.0 Å². The van der Waals surface area contributed by atoms with Crippen molar-refractivity contribution in [2.24, 2.45) is 0 Å². The van der Waals surface area contributed by atoms with Gasteiger partial charge in [-0.25, -0.2) is 12.8 Å². The summed E-state index contributed by atoms with van der Waals surface area (Å²) in [5.41, 5.74) is 5.42. The summed E-state index contributed by atoms with van der Waals surface area (Å²) >= 11 is 0. The van der Waals surface area contributed by atoms with Gasteiger partial charge in [-0.15, -0.1) is 0 Å². The second-order valence-electron chi connectivity index (χ2n) is 4.22. The molecule has 1 fully saturated rings. The third-order valence-corrected chi connectivity index (χ3v) is 4.83. The van der Waals surface area contributed by atoms with Crippen molar-refractivity contribution in [1.29, 1.82) is 0 Å². The summed E-state index contributed by atoms with van der Waals surface area (Å²) in [4.78, 5) is -0.132. The first kappa shape index (κ1) is 14.2. The Morgan fingerprint density at radius 2 is 2.26 bits per heavy atom. The van der Waals surface area contributed by atoms with Gasteiger partial charge in [0, 0.05) is 13.1 Å². The fraction of sp³-hybridized carbons (Fsp3) is 0.455. The topological polar surface area (TPSA) is 92.9 Å². The molecular weight excluding hydrogens is 275 g/mol. The maximum absolute atomic E-state index is 13.0. The largest absolute Gasteiger partial charge is 0.398 e. The SMILES string of the molecule is Nc1cc(F)ccc1S(=O)(=O)N1CCOC(CO)C1. The Morgan fingerprint density at radius 3 is 2.89 bits per heavy atom. The predicted octanol–water partition coefficient (Wildman–Crippen LogP) is -0.210. The maximum Gasteiger partial charge on any atom is 0.245 e. The van der Waals surface area contributed by atoms with Crippen LogP contribution in [0.4, 0.5) is 10.1 Å². The highest BCUT2D eigenvalue weighted by Gasteiger charge is 2.31. The molecule has 6 nitrogen and oxygen atoms in total. The molecule has 0 amide bonds. The normalized spacial score (nSPS) is 21.5. The molecule has 3 N–H and O–H groups in total. The number of ether oxygens (including phenoxy) is 1. The smallest absolute Gasteiger partial charge is 0.245 e. The second-order valence-corrected chi connectivity index (χ2v) is 6.13. The molecular formula is C11H15FN2O4S. The molecule has 2 rings (SSSR count). The predicted molar refractivity (Wildman–Crippen MR) is 66.4 cm³/mol. The van der Waals surface area contributed by atoms with Gasteiger partial charge in [-0.1, -0.05) is 0 Å². The zero-order chi connectivity index (χ0) is 14.0. The van der Waals surface area contributed by atoms with E-state index in [9.17, 15) is 12.8 Å². The number of halogens is 1.